The summed E-state index contributed by atoms with van der Waals surface area (Å²) in [5.74, 6) is 1.04. The summed E-state index contributed by atoms with van der Waals surface area (Å²) in [6.45, 7) is 3.64. The third-order valence-electron chi connectivity index (χ3n) is 4.82. The van der Waals surface area contributed by atoms with E-state index < -0.39 is 0 Å². The first-order chi connectivity index (χ1) is 12.1. The first-order valence-electron chi connectivity index (χ1n) is 8.53. The van der Waals surface area contributed by atoms with E-state index in [-0.39, 0.29) is 12.0 Å². The van der Waals surface area contributed by atoms with E-state index in [1.807, 2.05) is 29.2 Å². The van der Waals surface area contributed by atoms with Crippen LogP contribution in [0.15, 0.2) is 28.7 Å². The van der Waals surface area contributed by atoms with Gasteiger partial charge in [-0.05, 0) is 37.1 Å². The van der Waals surface area contributed by atoms with E-state index in [4.69, 9.17) is 21.3 Å². The Morgan fingerprint density at radius 1 is 1.24 bits per heavy atom. The summed E-state index contributed by atoms with van der Waals surface area (Å²) in [6, 6.07) is 7.93. The third-order valence-corrected chi connectivity index (χ3v) is 5.56. The number of nitrogens with zero attached hydrogens (tertiary/aromatic N) is 3. The first kappa shape index (κ1) is 17.1. The number of carbonyl (C=O) groups excluding carboxylic acids is 1. The molecule has 25 heavy (non-hydrogen) atoms. The van der Waals surface area contributed by atoms with Gasteiger partial charge in [-0.2, -0.15) is 0 Å². The number of pyridine rings is 1. The minimum atomic E-state index is -0.234. The molecule has 2 fully saturated rings. The van der Waals surface area contributed by atoms with Crippen molar-refractivity contribution in [1.82, 2.24) is 9.88 Å². The Hall–Kier alpha value is -1.37. The van der Waals surface area contributed by atoms with Gasteiger partial charge in [-0.1, -0.05) is 27.5 Å². The molecule has 132 valence electrons. The van der Waals surface area contributed by atoms with Crippen LogP contribution in [0.5, 0.6) is 0 Å². The fourth-order valence-corrected chi connectivity index (χ4v) is 4.33. The van der Waals surface area contributed by atoms with E-state index in [0.29, 0.717) is 24.7 Å². The lowest BCUT2D eigenvalue weighted by Crippen LogP contribution is -2.51. The molecule has 0 radical (unpaired) electrons. The molecule has 1 amide bonds. The molecular weight excluding hydrogens is 406 g/mol. The lowest BCUT2D eigenvalue weighted by Gasteiger charge is -2.36. The van der Waals surface area contributed by atoms with Crippen molar-refractivity contribution in [3.63, 3.8) is 0 Å². The van der Waals surface area contributed by atoms with Gasteiger partial charge >= 0.3 is 0 Å². The number of aromatic nitrogens is 1. The molecule has 2 aromatic rings. The fourth-order valence-electron chi connectivity index (χ4n) is 3.46. The summed E-state index contributed by atoms with van der Waals surface area (Å²) in [6.07, 6.45) is 1.59. The summed E-state index contributed by atoms with van der Waals surface area (Å²) in [5, 5.41) is 1.65. The van der Waals surface area contributed by atoms with Crippen LogP contribution in [0.1, 0.15) is 12.8 Å². The normalized spacial score (nSPS) is 21.1. The van der Waals surface area contributed by atoms with Crippen LogP contribution in [0.2, 0.25) is 5.02 Å². The van der Waals surface area contributed by atoms with Crippen molar-refractivity contribution in [2.24, 2.45) is 0 Å². The predicted octanol–water partition coefficient (Wildman–Crippen LogP) is 3.48. The molecule has 5 nitrogen and oxygen atoms in total. The molecule has 2 saturated heterocycles. The zero-order chi connectivity index (χ0) is 17.4. The Kier molecular flexibility index (Phi) is 4.84. The van der Waals surface area contributed by atoms with Crippen LogP contribution < -0.4 is 4.90 Å². The molecule has 1 aromatic carbocycles. The van der Waals surface area contributed by atoms with Crippen molar-refractivity contribution in [2.75, 3.05) is 37.7 Å². The number of hydrogen-bond donors (Lipinski definition) is 0. The largest absolute Gasteiger partial charge is 0.368 e. The Morgan fingerprint density at radius 2 is 2.04 bits per heavy atom. The van der Waals surface area contributed by atoms with Crippen LogP contribution in [0.4, 0.5) is 5.82 Å². The Labute approximate surface area is 160 Å². The number of fused-ring (bicyclic) bond motifs is 1. The molecule has 0 spiro atoms. The lowest BCUT2D eigenvalue weighted by atomic mass is 10.2. The van der Waals surface area contributed by atoms with Crippen molar-refractivity contribution in [3.05, 3.63) is 33.8 Å². The van der Waals surface area contributed by atoms with Crippen LogP contribution in [0.3, 0.4) is 0 Å². The Bertz CT molecular complexity index is 802. The van der Waals surface area contributed by atoms with Crippen molar-refractivity contribution in [2.45, 2.75) is 18.9 Å². The standard InChI is InChI=1S/C18H19BrClN3O2/c19-13-10-12-3-4-16(21-17(12)14(20)11-13)22-5-7-23(8-6-22)18(24)15-2-1-9-25-15/h3-4,10-11,15H,1-2,5-9H2. The van der Waals surface area contributed by atoms with E-state index in [1.54, 1.807) is 0 Å². The van der Waals surface area contributed by atoms with Gasteiger partial charge in [0.05, 0.1) is 10.5 Å². The number of rotatable bonds is 2. The second-order valence-corrected chi connectivity index (χ2v) is 7.77. The maximum Gasteiger partial charge on any atom is 0.251 e. The monoisotopic (exact) mass is 423 g/mol. The zero-order valence-corrected chi connectivity index (χ0v) is 16.1. The number of amides is 1. The topological polar surface area (TPSA) is 45.7 Å². The van der Waals surface area contributed by atoms with Gasteiger partial charge in [0.15, 0.2) is 0 Å². The summed E-state index contributed by atoms with van der Waals surface area (Å²) in [7, 11) is 0. The van der Waals surface area contributed by atoms with Crippen LogP contribution in [0, 0.1) is 0 Å². The molecule has 1 atom stereocenters. The molecule has 1 unspecified atom stereocenters. The lowest BCUT2D eigenvalue weighted by molar-refractivity contribution is -0.141. The number of carbonyl (C=O) groups is 1. The molecule has 0 saturated carbocycles. The highest BCUT2D eigenvalue weighted by Gasteiger charge is 2.30. The summed E-state index contributed by atoms with van der Waals surface area (Å²) < 4.78 is 6.46. The van der Waals surface area contributed by atoms with Crippen molar-refractivity contribution >= 4 is 50.2 Å². The number of ether oxygens (including phenoxy) is 1. The fraction of sp³-hybridized carbons (Fsp3) is 0.444. The Balaban J connectivity index is 1.47. The van der Waals surface area contributed by atoms with Crippen LogP contribution in [-0.4, -0.2) is 54.7 Å². The number of benzene rings is 1. The molecule has 2 aliphatic rings. The summed E-state index contributed by atoms with van der Waals surface area (Å²) >= 11 is 9.79. The number of anilines is 1. The molecule has 0 bridgehead atoms. The second-order valence-electron chi connectivity index (χ2n) is 6.44. The maximum absolute atomic E-state index is 12.4. The molecule has 0 N–H and O–H groups in total. The van der Waals surface area contributed by atoms with E-state index in [2.05, 4.69) is 20.8 Å². The highest BCUT2D eigenvalue weighted by Crippen LogP contribution is 2.29. The molecule has 0 aliphatic carbocycles. The van der Waals surface area contributed by atoms with E-state index in [1.165, 1.54) is 0 Å². The summed E-state index contributed by atoms with van der Waals surface area (Å²) in [5.41, 5.74) is 0.806. The molecule has 1 aromatic heterocycles. The smallest absolute Gasteiger partial charge is 0.251 e. The predicted molar refractivity (Wildman–Crippen MR) is 102 cm³/mol. The molecule has 7 heteroatoms. The van der Waals surface area contributed by atoms with Crippen LogP contribution in [-0.2, 0) is 9.53 Å². The van der Waals surface area contributed by atoms with E-state index in [0.717, 1.165) is 47.1 Å². The van der Waals surface area contributed by atoms with Crippen molar-refractivity contribution in [1.29, 1.82) is 0 Å². The van der Waals surface area contributed by atoms with Crippen molar-refractivity contribution < 1.29 is 9.53 Å². The van der Waals surface area contributed by atoms with Crippen LogP contribution in [0.25, 0.3) is 10.9 Å². The van der Waals surface area contributed by atoms with Gasteiger partial charge in [0.25, 0.3) is 5.91 Å². The number of halogens is 2. The average molecular weight is 425 g/mol. The Morgan fingerprint density at radius 3 is 2.76 bits per heavy atom. The van der Waals surface area contributed by atoms with Crippen LogP contribution >= 0.6 is 27.5 Å². The van der Waals surface area contributed by atoms with E-state index >= 15 is 0 Å². The third kappa shape index (κ3) is 3.48. The van der Waals surface area contributed by atoms with Gasteiger partial charge in [-0.25, -0.2) is 4.98 Å². The van der Waals surface area contributed by atoms with Gasteiger partial charge in [-0.3, -0.25) is 4.79 Å². The first-order valence-corrected chi connectivity index (χ1v) is 9.70. The van der Waals surface area contributed by atoms with Gasteiger partial charge in [0, 0.05) is 42.6 Å². The van der Waals surface area contributed by atoms with Gasteiger partial charge in [-0.15, -0.1) is 0 Å². The highest BCUT2D eigenvalue weighted by atomic mass is 79.9. The minimum Gasteiger partial charge on any atom is -0.368 e. The molecular formula is C18H19BrClN3O2. The highest BCUT2D eigenvalue weighted by molar-refractivity contribution is 9.10. The number of piperazine rings is 1. The average Bonchev–Trinajstić information content (AvgIpc) is 3.15. The zero-order valence-electron chi connectivity index (χ0n) is 13.8. The minimum absolute atomic E-state index is 0.136. The van der Waals surface area contributed by atoms with Gasteiger partial charge in [0.2, 0.25) is 0 Å². The SMILES string of the molecule is O=C(C1CCCO1)N1CCN(c2ccc3cc(Br)cc(Cl)c3n2)CC1. The maximum atomic E-state index is 12.4. The van der Waals surface area contributed by atoms with E-state index in [9.17, 15) is 4.79 Å². The quantitative estimate of drug-likeness (QED) is 0.740. The second kappa shape index (κ2) is 7.09. The summed E-state index contributed by atoms with van der Waals surface area (Å²) in [4.78, 5) is 21.3. The molecule has 4 rings (SSSR count). The van der Waals surface area contributed by atoms with Gasteiger partial charge in [0.1, 0.15) is 11.9 Å². The number of hydrogen-bond acceptors (Lipinski definition) is 4. The molecule has 3 heterocycles. The van der Waals surface area contributed by atoms with Crippen molar-refractivity contribution in [3.8, 4) is 0 Å². The molecule has 2 aliphatic heterocycles. The van der Waals surface area contributed by atoms with Gasteiger partial charge < -0.3 is 14.5 Å².